The number of nitrogens with one attached hydrogen (secondary N) is 1. The van der Waals surface area contributed by atoms with Gasteiger partial charge in [-0.25, -0.2) is 8.78 Å². The Morgan fingerprint density at radius 3 is 2.38 bits per heavy atom. The number of nitrogens with zero attached hydrogens (tertiary/aromatic N) is 1. The van der Waals surface area contributed by atoms with Crippen LogP contribution in [-0.4, -0.2) is 4.92 Å². The molecule has 0 saturated heterocycles. The van der Waals surface area contributed by atoms with Gasteiger partial charge in [-0.1, -0.05) is 29.8 Å². The van der Waals surface area contributed by atoms with Crippen LogP contribution < -0.4 is 5.32 Å². The zero-order chi connectivity index (χ0) is 15.6. The van der Waals surface area contributed by atoms with Crippen molar-refractivity contribution < 1.29 is 13.7 Å². The Hall–Kier alpha value is -2.50. The molecule has 0 aliphatic carbocycles. The maximum Gasteiger partial charge on any atom is 0.298 e. The van der Waals surface area contributed by atoms with Crippen LogP contribution in [-0.2, 0) is 0 Å². The van der Waals surface area contributed by atoms with E-state index in [1.54, 1.807) is 6.92 Å². The smallest absolute Gasteiger partial charge is 0.298 e. The predicted octanol–water partition coefficient (Wildman–Crippen LogP) is 4.35. The van der Waals surface area contributed by atoms with E-state index in [2.05, 4.69) is 5.32 Å². The lowest BCUT2D eigenvalue weighted by molar-refractivity contribution is -0.384. The molecule has 0 aliphatic rings. The fourth-order valence-electron chi connectivity index (χ4n) is 2.00. The van der Waals surface area contributed by atoms with E-state index in [9.17, 15) is 18.9 Å². The molecule has 1 atom stereocenters. The summed E-state index contributed by atoms with van der Waals surface area (Å²) in [6, 6.07) is 8.45. The van der Waals surface area contributed by atoms with Crippen LogP contribution in [0.25, 0.3) is 0 Å². The molecule has 0 radical (unpaired) electrons. The molecule has 21 heavy (non-hydrogen) atoms. The first-order chi connectivity index (χ1) is 9.88. The van der Waals surface area contributed by atoms with E-state index in [1.807, 2.05) is 31.2 Å². The van der Waals surface area contributed by atoms with Crippen LogP contribution >= 0.6 is 0 Å². The molecule has 110 valence electrons. The third-order valence-electron chi connectivity index (χ3n) is 3.17. The second kappa shape index (κ2) is 5.87. The third-order valence-corrected chi connectivity index (χ3v) is 3.17. The van der Waals surface area contributed by atoms with Crippen molar-refractivity contribution in [1.29, 1.82) is 0 Å². The second-order valence-corrected chi connectivity index (χ2v) is 4.82. The summed E-state index contributed by atoms with van der Waals surface area (Å²) in [7, 11) is 0. The maximum atomic E-state index is 13.8. The molecule has 0 saturated carbocycles. The number of rotatable bonds is 4. The number of hydrogen-bond acceptors (Lipinski definition) is 3. The average molecular weight is 292 g/mol. The van der Waals surface area contributed by atoms with Gasteiger partial charge in [0.1, 0.15) is 11.5 Å². The van der Waals surface area contributed by atoms with Gasteiger partial charge in [-0.3, -0.25) is 10.1 Å². The van der Waals surface area contributed by atoms with E-state index < -0.39 is 22.2 Å². The summed E-state index contributed by atoms with van der Waals surface area (Å²) in [6.45, 7) is 3.68. The van der Waals surface area contributed by atoms with Gasteiger partial charge in [0.25, 0.3) is 5.69 Å². The zero-order valence-electron chi connectivity index (χ0n) is 11.6. The summed E-state index contributed by atoms with van der Waals surface area (Å²) in [5, 5.41) is 13.7. The van der Waals surface area contributed by atoms with E-state index in [4.69, 9.17) is 0 Å². The minimum absolute atomic E-state index is 0.311. The van der Waals surface area contributed by atoms with Crippen LogP contribution in [0.1, 0.15) is 24.1 Å². The van der Waals surface area contributed by atoms with Gasteiger partial charge in [-0.05, 0) is 19.4 Å². The Morgan fingerprint density at radius 2 is 1.81 bits per heavy atom. The van der Waals surface area contributed by atoms with E-state index in [-0.39, 0.29) is 11.7 Å². The van der Waals surface area contributed by atoms with Gasteiger partial charge in [0.15, 0.2) is 5.82 Å². The van der Waals surface area contributed by atoms with Crippen molar-refractivity contribution in [1.82, 2.24) is 0 Å². The molecule has 6 heteroatoms. The van der Waals surface area contributed by atoms with Crippen LogP contribution in [0.3, 0.4) is 0 Å². The van der Waals surface area contributed by atoms with Crippen molar-refractivity contribution in [2.75, 3.05) is 5.32 Å². The predicted molar refractivity (Wildman–Crippen MR) is 76.2 cm³/mol. The largest absolute Gasteiger partial charge is 0.371 e. The number of benzene rings is 2. The number of nitro groups is 1. The van der Waals surface area contributed by atoms with Crippen molar-refractivity contribution in [3.63, 3.8) is 0 Å². The topological polar surface area (TPSA) is 55.2 Å². The number of halogens is 2. The molecule has 1 N–H and O–H groups in total. The quantitative estimate of drug-likeness (QED) is 0.673. The minimum Gasteiger partial charge on any atom is -0.371 e. The summed E-state index contributed by atoms with van der Waals surface area (Å²) in [5.41, 5.74) is 0.990. The van der Waals surface area contributed by atoms with Crippen LogP contribution in [0, 0.1) is 28.7 Å². The number of anilines is 1. The van der Waals surface area contributed by atoms with Crippen molar-refractivity contribution in [2.45, 2.75) is 19.9 Å². The summed E-state index contributed by atoms with van der Waals surface area (Å²) in [4.78, 5) is 10.1. The first-order valence-electron chi connectivity index (χ1n) is 6.35. The SMILES string of the molecule is Cc1ccc(C(C)Nc2c(F)cc(F)cc2[N+](=O)[O-])cc1. The Kier molecular flexibility index (Phi) is 4.16. The molecule has 0 spiro atoms. The molecule has 0 aliphatic heterocycles. The van der Waals surface area contributed by atoms with Gasteiger partial charge < -0.3 is 5.32 Å². The van der Waals surface area contributed by atoms with Crippen LogP contribution in [0.2, 0.25) is 0 Å². The lowest BCUT2D eigenvalue weighted by atomic mass is 10.1. The average Bonchev–Trinajstić information content (AvgIpc) is 2.41. The minimum atomic E-state index is -0.985. The third kappa shape index (κ3) is 3.34. The molecule has 2 aromatic carbocycles. The van der Waals surface area contributed by atoms with E-state index in [0.717, 1.165) is 11.1 Å². The highest BCUT2D eigenvalue weighted by Crippen LogP contribution is 2.31. The molecule has 2 rings (SSSR count). The van der Waals surface area contributed by atoms with Crippen molar-refractivity contribution in [2.24, 2.45) is 0 Å². The Balaban J connectivity index is 2.34. The zero-order valence-corrected chi connectivity index (χ0v) is 11.6. The molecule has 1 unspecified atom stereocenters. The van der Waals surface area contributed by atoms with Gasteiger partial charge in [-0.15, -0.1) is 0 Å². The molecule has 2 aromatic rings. The highest BCUT2D eigenvalue weighted by atomic mass is 19.1. The van der Waals surface area contributed by atoms with Gasteiger partial charge >= 0.3 is 0 Å². The lowest BCUT2D eigenvalue weighted by Gasteiger charge is -2.16. The van der Waals surface area contributed by atoms with Crippen LogP contribution in [0.5, 0.6) is 0 Å². The van der Waals surface area contributed by atoms with Gasteiger partial charge in [0.2, 0.25) is 0 Å². The molecule has 0 bridgehead atoms. The van der Waals surface area contributed by atoms with Crippen molar-refractivity contribution >= 4 is 11.4 Å². The second-order valence-electron chi connectivity index (χ2n) is 4.82. The fraction of sp³-hybridized carbons (Fsp3) is 0.200. The highest BCUT2D eigenvalue weighted by molar-refractivity contribution is 5.63. The van der Waals surface area contributed by atoms with Crippen molar-refractivity contribution in [3.05, 3.63) is 69.3 Å². The summed E-state index contributed by atoms with van der Waals surface area (Å²) in [6.07, 6.45) is 0. The first-order valence-corrected chi connectivity index (χ1v) is 6.35. The van der Waals surface area contributed by atoms with E-state index >= 15 is 0 Å². The Bertz CT molecular complexity index is 672. The number of hydrogen-bond donors (Lipinski definition) is 1. The first kappa shape index (κ1) is 14.9. The molecule has 0 heterocycles. The molecular formula is C15H14F2N2O2. The molecule has 4 nitrogen and oxygen atoms in total. The van der Waals surface area contributed by atoms with Crippen molar-refractivity contribution in [3.8, 4) is 0 Å². The van der Waals surface area contributed by atoms with E-state index in [0.29, 0.717) is 12.1 Å². The molecule has 0 aromatic heterocycles. The molecular weight excluding hydrogens is 278 g/mol. The van der Waals surface area contributed by atoms with Gasteiger partial charge in [0.05, 0.1) is 11.0 Å². The van der Waals surface area contributed by atoms with Crippen LogP contribution in [0.4, 0.5) is 20.2 Å². The van der Waals surface area contributed by atoms with Gasteiger partial charge in [0, 0.05) is 12.1 Å². The van der Waals surface area contributed by atoms with E-state index in [1.165, 1.54) is 0 Å². The monoisotopic (exact) mass is 292 g/mol. The summed E-state index contributed by atoms with van der Waals surface area (Å²) < 4.78 is 26.9. The number of aryl methyl sites for hydroxylation is 1. The summed E-state index contributed by atoms with van der Waals surface area (Å²) >= 11 is 0. The highest BCUT2D eigenvalue weighted by Gasteiger charge is 2.22. The maximum absolute atomic E-state index is 13.8. The fourth-order valence-corrected chi connectivity index (χ4v) is 2.00. The lowest BCUT2D eigenvalue weighted by Crippen LogP contribution is -2.10. The van der Waals surface area contributed by atoms with Crippen LogP contribution in [0.15, 0.2) is 36.4 Å². The Labute approximate surface area is 120 Å². The normalized spacial score (nSPS) is 12.0. The van der Waals surface area contributed by atoms with Gasteiger partial charge in [-0.2, -0.15) is 0 Å². The number of nitro benzene ring substituents is 1. The summed E-state index contributed by atoms with van der Waals surface area (Å²) in [5.74, 6) is -1.96. The molecule has 0 fully saturated rings. The Morgan fingerprint density at radius 1 is 1.19 bits per heavy atom. The standard InChI is InChI=1S/C15H14F2N2O2/c1-9-3-5-11(6-4-9)10(2)18-15-13(17)7-12(16)8-14(15)19(20)21/h3-8,10,18H,1-2H3. The molecule has 0 amide bonds.